The lowest BCUT2D eigenvalue weighted by molar-refractivity contribution is -0.149. The molecule has 1 aromatic rings. The minimum Gasteiger partial charge on any atom is -0.464 e. The molecule has 21 heavy (non-hydrogen) atoms. The van der Waals surface area contributed by atoms with Gasteiger partial charge in [-0.1, -0.05) is 11.6 Å². The highest BCUT2D eigenvalue weighted by Gasteiger charge is 2.34. The highest BCUT2D eigenvalue weighted by atomic mass is 35.5. The largest absolute Gasteiger partial charge is 0.464 e. The Morgan fingerprint density at radius 2 is 2.19 bits per heavy atom. The summed E-state index contributed by atoms with van der Waals surface area (Å²) < 4.78 is 5.06. The molecular formula is C15H19ClN2O3. The van der Waals surface area contributed by atoms with Crippen molar-refractivity contribution in [2.75, 3.05) is 18.9 Å². The van der Waals surface area contributed by atoms with Crippen molar-refractivity contribution >= 4 is 29.2 Å². The average Bonchev–Trinajstić information content (AvgIpc) is 2.47. The first-order valence-corrected chi connectivity index (χ1v) is 7.45. The van der Waals surface area contributed by atoms with Crippen LogP contribution in [0.1, 0.15) is 36.5 Å². The SMILES string of the molecule is CCOC(=O)C1CCCCN1C(=O)c1ccc(N)cc1Cl. The van der Waals surface area contributed by atoms with Gasteiger partial charge in [0, 0.05) is 12.2 Å². The Morgan fingerprint density at radius 1 is 1.43 bits per heavy atom. The van der Waals surface area contributed by atoms with Crippen LogP contribution in [0.5, 0.6) is 0 Å². The van der Waals surface area contributed by atoms with E-state index in [1.165, 1.54) is 6.07 Å². The van der Waals surface area contributed by atoms with Crippen LogP contribution in [0.3, 0.4) is 0 Å². The predicted octanol–water partition coefficient (Wildman–Crippen LogP) is 2.48. The summed E-state index contributed by atoms with van der Waals surface area (Å²) in [4.78, 5) is 26.2. The highest BCUT2D eigenvalue weighted by Crippen LogP contribution is 2.25. The lowest BCUT2D eigenvalue weighted by atomic mass is 10.0. The first-order chi connectivity index (χ1) is 10.0. The number of nitrogens with two attached hydrogens (primary N) is 1. The van der Waals surface area contributed by atoms with Gasteiger partial charge in [0.15, 0.2) is 0 Å². The number of amides is 1. The summed E-state index contributed by atoms with van der Waals surface area (Å²) in [6, 6.07) is 4.23. The van der Waals surface area contributed by atoms with Crippen molar-refractivity contribution in [3.05, 3.63) is 28.8 Å². The van der Waals surface area contributed by atoms with E-state index in [2.05, 4.69) is 0 Å². The van der Waals surface area contributed by atoms with Crippen molar-refractivity contribution in [3.63, 3.8) is 0 Å². The molecule has 0 aromatic heterocycles. The maximum absolute atomic E-state index is 12.6. The molecular weight excluding hydrogens is 292 g/mol. The summed E-state index contributed by atoms with van der Waals surface area (Å²) in [5.41, 5.74) is 6.50. The molecule has 1 atom stereocenters. The lowest BCUT2D eigenvalue weighted by Crippen LogP contribution is -2.48. The van der Waals surface area contributed by atoms with E-state index in [0.29, 0.717) is 35.8 Å². The van der Waals surface area contributed by atoms with Gasteiger partial charge >= 0.3 is 5.97 Å². The summed E-state index contributed by atoms with van der Waals surface area (Å²) in [6.07, 6.45) is 2.40. The second-order valence-electron chi connectivity index (χ2n) is 5.00. The number of rotatable bonds is 3. The third kappa shape index (κ3) is 3.47. The molecule has 0 spiro atoms. The standard InChI is InChI=1S/C15H19ClN2O3/c1-2-21-15(20)13-5-3-4-8-18(13)14(19)11-7-6-10(17)9-12(11)16/h6-7,9,13H,2-5,8,17H2,1H3. The Bertz CT molecular complexity index is 548. The van der Waals surface area contributed by atoms with E-state index in [0.717, 1.165) is 12.8 Å². The molecule has 1 saturated heterocycles. The lowest BCUT2D eigenvalue weighted by Gasteiger charge is -2.34. The topological polar surface area (TPSA) is 72.6 Å². The first kappa shape index (κ1) is 15.6. The Balaban J connectivity index is 2.24. The van der Waals surface area contributed by atoms with Crippen molar-refractivity contribution in [1.82, 2.24) is 4.90 Å². The molecule has 0 saturated carbocycles. The molecule has 1 aliphatic heterocycles. The summed E-state index contributed by atoms with van der Waals surface area (Å²) in [7, 11) is 0. The molecule has 1 unspecified atom stereocenters. The number of carbonyl (C=O) groups excluding carboxylic acids is 2. The molecule has 1 aromatic carbocycles. The maximum atomic E-state index is 12.6. The molecule has 5 nitrogen and oxygen atoms in total. The zero-order valence-electron chi connectivity index (χ0n) is 12.0. The molecule has 2 rings (SSSR count). The van der Waals surface area contributed by atoms with Crippen molar-refractivity contribution in [2.45, 2.75) is 32.2 Å². The van der Waals surface area contributed by atoms with Gasteiger partial charge in [-0.2, -0.15) is 0 Å². The quantitative estimate of drug-likeness (QED) is 0.687. The van der Waals surface area contributed by atoms with Crippen molar-refractivity contribution in [1.29, 1.82) is 0 Å². The molecule has 1 aliphatic rings. The van der Waals surface area contributed by atoms with Gasteiger partial charge in [0.2, 0.25) is 0 Å². The minimum atomic E-state index is -0.528. The number of halogens is 1. The van der Waals surface area contributed by atoms with Gasteiger partial charge in [-0.15, -0.1) is 0 Å². The van der Waals surface area contributed by atoms with E-state index < -0.39 is 6.04 Å². The van der Waals surface area contributed by atoms with Gasteiger partial charge in [-0.3, -0.25) is 4.79 Å². The summed E-state index contributed by atoms with van der Waals surface area (Å²) >= 11 is 6.09. The molecule has 1 fully saturated rings. The summed E-state index contributed by atoms with van der Waals surface area (Å²) in [5.74, 6) is -0.602. The van der Waals surface area contributed by atoms with Gasteiger partial charge in [-0.05, 0) is 44.4 Å². The van der Waals surface area contributed by atoms with Crippen molar-refractivity contribution < 1.29 is 14.3 Å². The Hall–Kier alpha value is -1.75. The van der Waals surface area contributed by atoms with Crippen LogP contribution in [0.2, 0.25) is 5.02 Å². The fourth-order valence-corrected chi connectivity index (χ4v) is 2.79. The molecule has 6 heteroatoms. The molecule has 114 valence electrons. The minimum absolute atomic E-state index is 0.252. The fraction of sp³-hybridized carbons (Fsp3) is 0.467. The molecule has 0 radical (unpaired) electrons. The number of ether oxygens (including phenoxy) is 1. The van der Waals surface area contributed by atoms with Gasteiger partial charge in [-0.25, -0.2) is 4.79 Å². The molecule has 0 bridgehead atoms. The van der Waals surface area contributed by atoms with Crippen LogP contribution in [0.4, 0.5) is 5.69 Å². The zero-order chi connectivity index (χ0) is 15.4. The van der Waals surface area contributed by atoms with Crippen LogP contribution < -0.4 is 5.73 Å². The Morgan fingerprint density at radius 3 is 2.86 bits per heavy atom. The van der Waals surface area contributed by atoms with E-state index in [1.54, 1.807) is 24.0 Å². The van der Waals surface area contributed by atoms with Gasteiger partial charge in [0.1, 0.15) is 6.04 Å². The van der Waals surface area contributed by atoms with Crippen molar-refractivity contribution in [2.24, 2.45) is 0 Å². The van der Waals surface area contributed by atoms with Crippen LogP contribution in [-0.2, 0) is 9.53 Å². The number of nitrogens with zero attached hydrogens (tertiary/aromatic N) is 1. The summed E-state index contributed by atoms with van der Waals surface area (Å²) in [5, 5.41) is 0.299. The maximum Gasteiger partial charge on any atom is 0.328 e. The molecule has 1 amide bonds. The monoisotopic (exact) mass is 310 g/mol. The molecule has 1 heterocycles. The second kappa shape index (κ2) is 6.80. The van der Waals surface area contributed by atoms with Gasteiger partial charge in [0.05, 0.1) is 17.2 Å². The average molecular weight is 311 g/mol. The number of likely N-dealkylation sites (tertiary alicyclic amines) is 1. The third-order valence-corrected chi connectivity index (χ3v) is 3.86. The van der Waals surface area contributed by atoms with Crippen LogP contribution in [0.25, 0.3) is 0 Å². The molecule has 2 N–H and O–H groups in total. The predicted molar refractivity (Wildman–Crippen MR) is 81.2 cm³/mol. The summed E-state index contributed by atoms with van der Waals surface area (Å²) in [6.45, 7) is 2.59. The number of hydrogen-bond acceptors (Lipinski definition) is 4. The first-order valence-electron chi connectivity index (χ1n) is 7.07. The van der Waals surface area contributed by atoms with Gasteiger partial charge in [0.25, 0.3) is 5.91 Å². The number of carbonyl (C=O) groups is 2. The smallest absolute Gasteiger partial charge is 0.328 e. The number of piperidine rings is 1. The van der Waals surface area contributed by atoms with Crippen LogP contribution in [0, 0.1) is 0 Å². The van der Waals surface area contributed by atoms with Crippen LogP contribution in [0.15, 0.2) is 18.2 Å². The van der Waals surface area contributed by atoms with E-state index in [9.17, 15) is 9.59 Å². The number of anilines is 1. The van der Waals surface area contributed by atoms with E-state index in [-0.39, 0.29) is 11.9 Å². The number of hydrogen-bond donors (Lipinski definition) is 1. The van der Waals surface area contributed by atoms with E-state index in [1.807, 2.05) is 0 Å². The number of esters is 1. The van der Waals surface area contributed by atoms with Crippen molar-refractivity contribution in [3.8, 4) is 0 Å². The number of benzene rings is 1. The van der Waals surface area contributed by atoms with E-state index in [4.69, 9.17) is 22.1 Å². The van der Waals surface area contributed by atoms with E-state index >= 15 is 0 Å². The Kier molecular flexibility index (Phi) is 5.07. The molecule has 0 aliphatic carbocycles. The van der Waals surface area contributed by atoms with Crippen LogP contribution >= 0.6 is 11.6 Å². The normalized spacial score (nSPS) is 18.4. The fourth-order valence-electron chi connectivity index (χ4n) is 2.52. The Labute approximate surface area is 129 Å². The second-order valence-corrected chi connectivity index (χ2v) is 5.41. The zero-order valence-corrected chi connectivity index (χ0v) is 12.7. The highest BCUT2D eigenvalue weighted by molar-refractivity contribution is 6.34. The third-order valence-electron chi connectivity index (χ3n) is 3.55. The van der Waals surface area contributed by atoms with Gasteiger partial charge < -0.3 is 15.4 Å². The van der Waals surface area contributed by atoms with Crippen LogP contribution in [-0.4, -0.2) is 36.0 Å². The number of nitrogen functional groups attached to an aromatic ring is 1.